The van der Waals surface area contributed by atoms with E-state index in [1.165, 1.54) is 45.2 Å². The highest BCUT2D eigenvalue weighted by Gasteiger charge is 2.35. The van der Waals surface area contributed by atoms with Crippen LogP contribution in [0.25, 0.3) is 11.1 Å². The zero-order valence-corrected chi connectivity index (χ0v) is 24.0. The van der Waals surface area contributed by atoms with Gasteiger partial charge < -0.3 is 9.47 Å². The fourth-order valence-electron chi connectivity index (χ4n) is 2.83. The van der Waals surface area contributed by atoms with E-state index in [0.29, 0.717) is 12.1 Å². The van der Waals surface area contributed by atoms with E-state index in [1.54, 1.807) is 0 Å². The van der Waals surface area contributed by atoms with E-state index in [9.17, 15) is 51.9 Å². The quantitative estimate of drug-likeness (QED) is 0.231. The molecule has 0 saturated carbocycles. The molecule has 0 aliphatic heterocycles. The zero-order valence-electron chi connectivity index (χ0n) is 16.4. The van der Waals surface area contributed by atoms with Crippen LogP contribution in [0.4, 0.5) is 0 Å². The molecule has 0 fully saturated rings. The second kappa shape index (κ2) is 9.55. The SMILES string of the molecule is COc1c(-c2cc(S(=O)(=O)O)c(I)c(S(=O)(=O)O)c2OC)cc(S(=O)(=O)O)c(I)c1S(=O)(=O)O. The number of halogens is 2. The van der Waals surface area contributed by atoms with Crippen LogP contribution in [-0.4, -0.2) is 66.1 Å². The summed E-state index contributed by atoms with van der Waals surface area (Å²) in [6, 6.07) is 1.16. The van der Waals surface area contributed by atoms with Gasteiger partial charge in [-0.15, -0.1) is 0 Å². The summed E-state index contributed by atoms with van der Waals surface area (Å²) in [6.07, 6.45) is 0. The van der Waals surface area contributed by atoms with Crippen LogP contribution in [-0.2, 0) is 40.5 Å². The summed E-state index contributed by atoms with van der Waals surface area (Å²) in [4.78, 5) is -4.55. The van der Waals surface area contributed by atoms with E-state index < -0.39 is 89.8 Å². The summed E-state index contributed by atoms with van der Waals surface area (Å²) in [5, 5.41) is 0. The fraction of sp³-hybridized carbons (Fsp3) is 0.143. The normalized spacial score (nSPS) is 13.1. The molecule has 4 N–H and O–H groups in total. The van der Waals surface area contributed by atoms with Crippen molar-refractivity contribution >= 4 is 85.7 Å². The highest BCUT2D eigenvalue weighted by Crippen LogP contribution is 2.48. The number of hydrogen-bond acceptors (Lipinski definition) is 10. The van der Waals surface area contributed by atoms with Crippen molar-refractivity contribution in [2.24, 2.45) is 0 Å². The van der Waals surface area contributed by atoms with Crippen LogP contribution >= 0.6 is 45.2 Å². The standard InChI is InChI=1S/C14H12I2O14S4/c1-29-11-5(3-7(31(17,18)19)9(15)13(11)33(23,24)25)6-4-8(32(20,21)22)10(16)14(12(6)30-2)34(26,27)28/h3-4H,1-2H3,(H,17,18,19)(H,20,21,22)(H,23,24,25)(H,26,27,28). The highest BCUT2D eigenvalue weighted by atomic mass is 127. The van der Waals surface area contributed by atoms with Gasteiger partial charge in [-0.25, -0.2) is 0 Å². The van der Waals surface area contributed by atoms with E-state index >= 15 is 0 Å². The van der Waals surface area contributed by atoms with E-state index in [1.807, 2.05) is 0 Å². The highest BCUT2D eigenvalue weighted by molar-refractivity contribution is 14.1. The Bertz CT molecular complexity index is 1500. The van der Waals surface area contributed by atoms with Gasteiger partial charge in [0.05, 0.1) is 21.4 Å². The molecule has 34 heavy (non-hydrogen) atoms. The van der Waals surface area contributed by atoms with Crippen molar-refractivity contribution in [3.8, 4) is 22.6 Å². The van der Waals surface area contributed by atoms with Crippen LogP contribution in [0.1, 0.15) is 0 Å². The van der Waals surface area contributed by atoms with E-state index in [0.717, 1.165) is 14.2 Å². The monoisotopic (exact) mass is 786 g/mol. The molecule has 0 heterocycles. The Morgan fingerprint density at radius 1 is 0.588 bits per heavy atom. The summed E-state index contributed by atoms with van der Waals surface area (Å²) in [5.41, 5.74) is -1.43. The second-order valence-electron chi connectivity index (χ2n) is 6.10. The predicted octanol–water partition coefficient (Wildman–Crippen LogP) is 1.57. The Morgan fingerprint density at radius 3 is 1.03 bits per heavy atom. The molecule has 0 unspecified atom stereocenters. The van der Waals surface area contributed by atoms with Crippen LogP contribution in [0.5, 0.6) is 11.5 Å². The summed E-state index contributed by atoms with van der Waals surface area (Å²) in [6.45, 7) is 0. The summed E-state index contributed by atoms with van der Waals surface area (Å²) in [7, 11) is -19.2. The van der Waals surface area contributed by atoms with Crippen LogP contribution in [0, 0.1) is 7.14 Å². The summed E-state index contributed by atoms with van der Waals surface area (Å²) in [5.74, 6) is -1.64. The maximum atomic E-state index is 12.0. The summed E-state index contributed by atoms with van der Waals surface area (Å²) >= 11 is 2.35. The molecule has 190 valence electrons. The largest absolute Gasteiger partial charge is 0.495 e. The minimum Gasteiger partial charge on any atom is -0.495 e. The van der Waals surface area contributed by atoms with Gasteiger partial charge in [0.25, 0.3) is 40.5 Å². The average Bonchev–Trinajstić information content (AvgIpc) is 2.62. The van der Waals surface area contributed by atoms with Gasteiger partial charge >= 0.3 is 0 Å². The van der Waals surface area contributed by atoms with Gasteiger partial charge in [-0.1, -0.05) is 0 Å². The van der Waals surface area contributed by atoms with Crippen molar-refractivity contribution in [3.05, 3.63) is 19.3 Å². The molecule has 0 aromatic heterocycles. The molecule has 0 amide bonds. The molecular formula is C14H12I2O14S4. The first-order chi connectivity index (χ1) is 15.2. The third-order valence-electron chi connectivity index (χ3n) is 4.05. The van der Waals surface area contributed by atoms with E-state index in [2.05, 4.69) is 0 Å². The second-order valence-corrected chi connectivity index (χ2v) is 13.8. The topological polar surface area (TPSA) is 236 Å². The molecule has 2 rings (SSSR count). The number of hydrogen-bond donors (Lipinski definition) is 4. The van der Waals surface area contributed by atoms with Crippen molar-refractivity contribution in [1.29, 1.82) is 0 Å². The summed E-state index contributed by atoms with van der Waals surface area (Å²) < 4.78 is 143. The van der Waals surface area contributed by atoms with Gasteiger partial charge in [-0.2, -0.15) is 33.7 Å². The lowest BCUT2D eigenvalue weighted by Crippen LogP contribution is -2.13. The molecule has 0 atom stereocenters. The number of methoxy groups -OCH3 is 2. The molecule has 20 heteroatoms. The van der Waals surface area contributed by atoms with Crippen LogP contribution in [0.15, 0.2) is 31.7 Å². The minimum atomic E-state index is -5.28. The van der Waals surface area contributed by atoms with Gasteiger partial charge in [-0.05, 0) is 57.3 Å². The number of rotatable bonds is 7. The smallest absolute Gasteiger partial charge is 0.299 e. The van der Waals surface area contributed by atoms with Crippen molar-refractivity contribution in [3.63, 3.8) is 0 Å². The van der Waals surface area contributed by atoms with Gasteiger partial charge in [0.2, 0.25) is 0 Å². The molecule has 0 aliphatic carbocycles. The molecule has 14 nitrogen and oxygen atoms in total. The van der Waals surface area contributed by atoms with Crippen molar-refractivity contribution in [1.82, 2.24) is 0 Å². The molecular weight excluding hydrogens is 774 g/mol. The molecule has 0 aliphatic rings. The Hall–Kier alpha value is -0.860. The number of benzene rings is 2. The molecule has 0 bridgehead atoms. The van der Waals surface area contributed by atoms with E-state index in [4.69, 9.17) is 9.47 Å². The fourth-order valence-corrected chi connectivity index (χ4v) is 9.82. The Balaban J connectivity index is 3.42. The maximum absolute atomic E-state index is 12.0. The Morgan fingerprint density at radius 2 is 0.853 bits per heavy atom. The Labute approximate surface area is 220 Å². The third-order valence-corrected chi connectivity index (χ3v) is 11.3. The zero-order chi connectivity index (χ0) is 26.6. The van der Waals surface area contributed by atoms with Crippen molar-refractivity contribution in [2.75, 3.05) is 14.2 Å². The van der Waals surface area contributed by atoms with Gasteiger partial charge in [0.1, 0.15) is 21.3 Å². The van der Waals surface area contributed by atoms with Gasteiger partial charge in [0.15, 0.2) is 9.79 Å². The lowest BCUT2D eigenvalue weighted by molar-refractivity contribution is 0.390. The van der Waals surface area contributed by atoms with Crippen LogP contribution in [0.3, 0.4) is 0 Å². The molecule has 2 aromatic carbocycles. The first-order valence-electron chi connectivity index (χ1n) is 7.89. The molecule has 2 aromatic rings. The molecule has 0 spiro atoms. The van der Waals surface area contributed by atoms with Crippen LogP contribution < -0.4 is 9.47 Å². The average molecular weight is 786 g/mol. The minimum absolute atomic E-state index is 0.580. The lowest BCUT2D eigenvalue weighted by Gasteiger charge is -2.20. The third kappa shape index (κ3) is 5.59. The number of ether oxygens (including phenoxy) is 2. The molecule has 0 saturated heterocycles. The van der Waals surface area contributed by atoms with E-state index in [-0.39, 0.29) is 0 Å². The van der Waals surface area contributed by atoms with Gasteiger partial charge in [-0.3, -0.25) is 18.2 Å². The first kappa shape index (κ1) is 29.4. The van der Waals surface area contributed by atoms with Crippen LogP contribution in [0.2, 0.25) is 0 Å². The Kier molecular flexibility index (Phi) is 8.25. The first-order valence-corrected chi connectivity index (χ1v) is 15.8. The van der Waals surface area contributed by atoms with Crippen molar-refractivity contribution in [2.45, 2.75) is 19.6 Å². The van der Waals surface area contributed by atoms with Crippen molar-refractivity contribution < 1.29 is 61.4 Å². The maximum Gasteiger partial charge on any atom is 0.299 e. The lowest BCUT2D eigenvalue weighted by atomic mass is 10.0. The molecule has 0 radical (unpaired) electrons. The van der Waals surface area contributed by atoms with Gasteiger partial charge in [0, 0.05) is 11.1 Å². The predicted molar refractivity (Wildman–Crippen MR) is 130 cm³/mol.